The zero-order valence-electron chi connectivity index (χ0n) is 12.7. The minimum absolute atomic E-state index is 0.261. The maximum atomic E-state index is 12.0. The zero-order chi connectivity index (χ0) is 16.5. The van der Waals surface area contributed by atoms with Gasteiger partial charge in [0.1, 0.15) is 18.0 Å². The van der Waals surface area contributed by atoms with Crippen molar-refractivity contribution in [2.75, 3.05) is 25.7 Å². The van der Waals surface area contributed by atoms with Crippen molar-refractivity contribution in [2.45, 2.75) is 26.3 Å². The fourth-order valence-corrected chi connectivity index (χ4v) is 1.72. The molecule has 0 aromatic heterocycles. The van der Waals surface area contributed by atoms with Crippen LogP contribution in [0, 0.1) is 16.7 Å². The van der Waals surface area contributed by atoms with Crippen molar-refractivity contribution in [1.82, 2.24) is 10.6 Å². The van der Waals surface area contributed by atoms with E-state index < -0.39 is 29.2 Å². The number of carbonyl (C=O) groups excluding carboxylic acids is 3. The van der Waals surface area contributed by atoms with Crippen molar-refractivity contribution >= 4 is 29.5 Å². The van der Waals surface area contributed by atoms with E-state index in [1.54, 1.807) is 0 Å². The highest BCUT2D eigenvalue weighted by atomic mass is 32.2. The molecule has 0 aliphatic carbocycles. The molecule has 0 radical (unpaired) electrons. The van der Waals surface area contributed by atoms with E-state index >= 15 is 0 Å². The molecule has 0 bridgehead atoms. The summed E-state index contributed by atoms with van der Waals surface area (Å²) in [6.45, 7) is 2.68. The van der Waals surface area contributed by atoms with Gasteiger partial charge < -0.3 is 15.4 Å². The molecule has 0 unspecified atom stereocenters. The zero-order valence-corrected chi connectivity index (χ0v) is 13.5. The molecule has 2 amide bonds. The number of nitriles is 1. The van der Waals surface area contributed by atoms with E-state index in [-0.39, 0.29) is 6.54 Å². The number of nitrogens with one attached hydrogen (secondary N) is 2. The normalized spacial score (nSPS) is 12.0. The van der Waals surface area contributed by atoms with Crippen LogP contribution in [0.3, 0.4) is 0 Å². The molecule has 21 heavy (non-hydrogen) atoms. The molecule has 0 saturated heterocycles. The molecule has 0 saturated carbocycles. The molecule has 0 aromatic carbocycles. The van der Waals surface area contributed by atoms with Gasteiger partial charge in [-0.2, -0.15) is 17.0 Å². The van der Waals surface area contributed by atoms with Gasteiger partial charge in [-0.15, -0.1) is 0 Å². The Bertz CT molecular complexity index is 432. The number of thioether (sulfide) groups is 1. The summed E-state index contributed by atoms with van der Waals surface area (Å²) in [6.07, 6.45) is 2.28. The minimum atomic E-state index is -1.22. The molecule has 0 heterocycles. The molecule has 0 aliphatic rings. The van der Waals surface area contributed by atoms with E-state index in [4.69, 9.17) is 5.26 Å². The molecule has 118 valence electrons. The van der Waals surface area contributed by atoms with Crippen LogP contribution in [0.4, 0.5) is 0 Å². The van der Waals surface area contributed by atoms with Crippen molar-refractivity contribution in [3.63, 3.8) is 0 Å². The molecule has 0 fully saturated rings. The van der Waals surface area contributed by atoms with E-state index in [1.165, 1.54) is 32.7 Å². The molecule has 0 aliphatic heterocycles. The first-order valence-electron chi connectivity index (χ1n) is 6.34. The minimum Gasteiger partial charge on any atom is -0.468 e. The van der Waals surface area contributed by atoms with Crippen molar-refractivity contribution in [2.24, 2.45) is 5.41 Å². The van der Waals surface area contributed by atoms with Gasteiger partial charge >= 0.3 is 5.97 Å². The summed E-state index contributed by atoms with van der Waals surface area (Å²) >= 11 is 1.53. The standard InChI is InChI=1S/C13H21N3O4S/c1-13(2,8-14)12(19)16-9(5-6-21-4)11(18)15-7-10(17)20-3/h9H,5-7H2,1-4H3,(H,15,18)(H,16,19)/t9-/m0/s1. The van der Waals surface area contributed by atoms with Crippen molar-refractivity contribution in [3.05, 3.63) is 0 Å². The van der Waals surface area contributed by atoms with Crippen LogP contribution in [0.2, 0.25) is 0 Å². The number of methoxy groups -OCH3 is 1. The fourth-order valence-electron chi connectivity index (χ4n) is 1.25. The Hall–Kier alpha value is -1.75. The van der Waals surface area contributed by atoms with Gasteiger partial charge in [0.15, 0.2) is 0 Å². The van der Waals surface area contributed by atoms with E-state index in [0.717, 1.165) is 0 Å². The van der Waals surface area contributed by atoms with E-state index in [0.29, 0.717) is 12.2 Å². The third kappa shape index (κ3) is 6.99. The van der Waals surface area contributed by atoms with Crippen LogP contribution in [-0.2, 0) is 19.1 Å². The third-order valence-electron chi connectivity index (χ3n) is 2.71. The summed E-state index contributed by atoms with van der Waals surface area (Å²) in [5.41, 5.74) is -1.22. The van der Waals surface area contributed by atoms with Gasteiger partial charge in [0.05, 0.1) is 13.2 Å². The van der Waals surface area contributed by atoms with Gasteiger partial charge in [0, 0.05) is 0 Å². The molecular weight excluding hydrogens is 294 g/mol. The molecule has 7 nitrogen and oxygen atoms in total. The van der Waals surface area contributed by atoms with Crippen LogP contribution in [0.25, 0.3) is 0 Å². The summed E-state index contributed by atoms with van der Waals surface area (Å²) in [6, 6.07) is 1.09. The lowest BCUT2D eigenvalue weighted by Gasteiger charge is -2.22. The Balaban J connectivity index is 4.72. The Morgan fingerprint density at radius 3 is 2.48 bits per heavy atom. The lowest BCUT2D eigenvalue weighted by molar-refractivity contribution is -0.141. The number of amides is 2. The average Bonchev–Trinajstić information content (AvgIpc) is 2.47. The van der Waals surface area contributed by atoms with Gasteiger partial charge in [-0.25, -0.2) is 0 Å². The predicted molar refractivity (Wildman–Crippen MR) is 79.3 cm³/mol. The maximum absolute atomic E-state index is 12.0. The van der Waals surface area contributed by atoms with E-state index in [1.807, 2.05) is 12.3 Å². The summed E-state index contributed by atoms with van der Waals surface area (Å²) < 4.78 is 4.43. The number of hydrogen-bond acceptors (Lipinski definition) is 6. The number of ether oxygens (including phenoxy) is 1. The summed E-state index contributed by atoms with van der Waals surface area (Å²) in [5, 5.41) is 13.9. The Morgan fingerprint density at radius 1 is 1.38 bits per heavy atom. The molecule has 0 rings (SSSR count). The lowest BCUT2D eigenvalue weighted by Crippen LogP contribution is -2.51. The van der Waals surface area contributed by atoms with Crippen molar-refractivity contribution in [1.29, 1.82) is 5.26 Å². The van der Waals surface area contributed by atoms with E-state index in [2.05, 4.69) is 15.4 Å². The van der Waals surface area contributed by atoms with Crippen LogP contribution in [0.1, 0.15) is 20.3 Å². The van der Waals surface area contributed by atoms with Crippen LogP contribution in [0.5, 0.6) is 0 Å². The van der Waals surface area contributed by atoms with Crippen LogP contribution < -0.4 is 10.6 Å². The molecule has 0 aromatic rings. The molecule has 8 heteroatoms. The summed E-state index contributed by atoms with van der Waals surface area (Å²) in [4.78, 5) is 35.0. The molecule has 2 N–H and O–H groups in total. The highest BCUT2D eigenvalue weighted by Gasteiger charge is 2.31. The van der Waals surface area contributed by atoms with Crippen LogP contribution in [0.15, 0.2) is 0 Å². The largest absolute Gasteiger partial charge is 0.468 e. The first kappa shape index (κ1) is 19.2. The lowest BCUT2D eigenvalue weighted by atomic mass is 9.94. The van der Waals surface area contributed by atoms with Crippen LogP contribution in [-0.4, -0.2) is 49.5 Å². The molecular formula is C13H21N3O4S. The van der Waals surface area contributed by atoms with E-state index in [9.17, 15) is 14.4 Å². The Kier molecular flexibility index (Phi) is 8.47. The third-order valence-corrected chi connectivity index (χ3v) is 3.36. The quantitative estimate of drug-likeness (QED) is 0.613. The first-order chi connectivity index (χ1) is 9.78. The highest BCUT2D eigenvalue weighted by Crippen LogP contribution is 2.14. The van der Waals surface area contributed by atoms with Gasteiger partial charge in [-0.3, -0.25) is 14.4 Å². The van der Waals surface area contributed by atoms with Gasteiger partial charge in [-0.1, -0.05) is 0 Å². The second-order valence-corrected chi connectivity index (χ2v) is 5.82. The van der Waals surface area contributed by atoms with Gasteiger partial charge in [0.25, 0.3) is 0 Å². The number of rotatable bonds is 8. The second kappa shape index (κ2) is 9.23. The SMILES string of the molecule is COC(=O)CNC(=O)[C@H](CCSC)NC(=O)C(C)(C)C#N. The maximum Gasteiger partial charge on any atom is 0.325 e. The monoisotopic (exact) mass is 315 g/mol. The Morgan fingerprint density at radius 2 is 2.00 bits per heavy atom. The number of carbonyl (C=O) groups is 3. The predicted octanol–water partition coefficient (Wildman–Crippen LogP) is 0.0633. The first-order valence-corrected chi connectivity index (χ1v) is 7.73. The summed E-state index contributed by atoms with van der Waals surface area (Å²) in [7, 11) is 1.22. The van der Waals surface area contributed by atoms with Gasteiger partial charge in [0.2, 0.25) is 11.8 Å². The van der Waals surface area contributed by atoms with Gasteiger partial charge in [-0.05, 0) is 32.3 Å². The van der Waals surface area contributed by atoms with Crippen molar-refractivity contribution in [3.8, 4) is 6.07 Å². The smallest absolute Gasteiger partial charge is 0.325 e. The van der Waals surface area contributed by atoms with Crippen molar-refractivity contribution < 1.29 is 19.1 Å². The Labute approximate surface area is 128 Å². The topological polar surface area (TPSA) is 108 Å². The molecule has 1 atom stereocenters. The highest BCUT2D eigenvalue weighted by molar-refractivity contribution is 7.98. The average molecular weight is 315 g/mol. The number of hydrogen-bond donors (Lipinski definition) is 2. The molecule has 0 spiro atoms. The van der Waals surface area contributed by atoms with Crippen LogP contribution >= 0.6 is 11.8 Å². The summed E-state index contributed by atoms with van der Waals surface area (Å²) in [5.74, 6) is -0.916. The second-order valence-electron chi connectivity index (χ2n) is 4.84. The number of nitrogens with zero attached hydrogens (tertiary/aromatic N) is 1. The fraction of sp³-hybridized carbons (Fsp3) is 0.692. The number of esters is 1.